The minimum absolute atomic E-state index is 0.0461. The Morgan fingerprint density at radius 2 is 1.61 bits per heavy atom. The van der Waals surface area contributed by atoms with Crippen LogP contribution in [0.3, 0.4) is 0 Å². The normalized spacial score (nSPS) is 20.6. The van der Waals surface area contributed by atoms with Gasteiger partial charge in [-0.3, -0.25) is 16.1 Å². The molecule has 3 heterocycles. The number of aryl methyl sites for hydroxylation is 1. The van der Waals surface area contributed by atoms with Crippen molar-refractivity contribution in [3.8, 4) is 0 Å². The summed E-state index contributed by atoms with van der Waals surface area (Å²) in [6.45, 7) is 0. The predicted octanol–water partition coefficient (Wildman–Crippen LogP) is 9.21. The third-order valence-electron chi connectivity index (χ3n) is 10.1. The second kappa shape index (κ2) is 12.1. The van der Waals surface area contributed by atoms with Crippen LogP contribution in [0.1, 0.15) is 76.8 Å². The van der Waals surface area contributed by atoms with Crippen LogP contribution in [0.2, 0.25) is 0 Å². The predicted molar refractivity (Wildman–Crippen MR) is 195 cm³/mol. The average molecular weight is 645 g/mol. The Morgan fingerprint density at radius 3 is 2.43 bits per heavy atom. The lowest BCUT2D eigenvalue weighted by Gasteiger charge is -2.36. The number of furan rings is 2. The lowest BCUT2D eigenvalue weighted by Crippen LogP contribution is -2.44. The van der Waals surface area contributed by atoms with Crippen LogP contribution < -0.4 is 11.1 Å². The van der Waals surface area contributed by atoms with E-state index in [4.69, 9.17) is 29.7 Å². The largest absolute Gasteiger partial charge is 0.460 e. The van der Waals surface area contributed by atoms with Gasteiger partial charge in [0, 0.05) is 45.0 Å². The molecule has 7 nitrogen and oxygen atoms in total. The highest BCUT2D eigenvalue weighted by Gasteiger charge is 2.37. The van der Waals surface area contributed by atoms with E-state index in [1.165, 1.54) is 16.5 Å². The minimum Gasteiger partial charge on any atom is -0.460 e. The van der Waals surface area contributed by atoms with E-state index >= 15 is 0 Å². The molecule has 0 spiro atoms. The summed E-state index contributed by atoms with van der Waals surface area (Å²) in [5.41, 5.74) is 14.3. The van der Waals surface area contributed by atoms with Crippen LogP contribution in [0.25, 0.3) is 33.6 Å². The van der Waals surface area contributed by atoms with Crippen molar-refractivity contribution in [3.05, 3.63) is 155 Å². The van der Waals surface area contributed by atoms with Gasteiger partial charge in [0.15, 0.2) is 6.23 Å². The Morgan fingerprint density at radius 1 is 0.878 bits per heavy atom. The highest BCUT2D eigenvalue weighted by atomic mass is 16.5. The number of rotatable bonds is 6. The van der Waals surface area contributed by atoms with E-state index in [2.05, 4.69) is 66.0 Å². The van der Waals surface area contributed by atoms with Crippen molar-refractivity contribution < 1.29 is 13.6 Å². The number of hydrogen-bond acceptors (Lipinski definition) is 7. The first-order valence-electron chi connectivity index (χ1n) is 17.0. The molecule has 0 saturated heterocycles. The first kappa shape index (κ1) is 29.5. The van der Waals surface area contributed by atoms with Gasteiger partial charge in [-0.1, -0.05) is 97.1 Å². The molecule has 0 saturated carbocycles. The lowest BCUT2D eigenvalue weighted by molar-refractivity contribution is 0.199. The van der Waals surface area contributed by atoms with Gasteiger partial charge in [-0.25, -0.2) is 0 Å². The highest BCUT2D eigenvalue weighted by molar-refractivity contribution is 6.23. The van der Waals surface area contributed by atoms with Crippen molar-refractivity contribution in [3.63, 3.8) is 0 Å². The summed E-state index contributed by atoms with van der Waals surface area (Å²) < 4.78 is 18.9. The number of amidine groups is 1. The number of nitrogens with zero attached hydrogens (tertiary/aromatic N) is 1. The molecule has 2 aromatic heterocycles. The van der Waals surface area contributed by atoms with E-state index in [-0.39, 0.29) is 23.9 Å². The maximum atomic E-state index is 8.37. The molecule has 4 N–H and O–H groups in total. The fraction of sp³-hybridized carbons (Fsp3) is 0.190. The highest BCUT2D eigenvalue weighted by Crippen LogP contribution is 2.44. The Labute approximate surface area is 284 Å². The van der Waals surface area contributed by atoms with Crippen molar-refractivity contribution in [2.45, 2.75) is 49.9 Å². The Kier molecular flexibility index (Phi) is 7.28. The molecule has 9 rings (SSSR count). The van der Waals surface area contributed by atoms with Gasteiger partial charge in [-0.15, -0.1) is 0 Å². The molecule has 0 fully saturated rings. The van der Waals surface area contributed by atoms with Crippen molar-refractivity contribution >= 4 is 45.3 Å². The zero-order valence-corrected chi connectivity index (χ0v) is 26.9. The summed E-state index contributed by atoms with van der Waals surface area (Å²) in [4.78, 5) is 5.38. The fourth-order valence-electron chi connectivity index (χ4n) is 7.64. The van der Waals surface area contributed by atoms with Crippen LogP contribution in [0.5, 0.6) is 0 Å². The maximum absolute atomic E-state index is 8.37. The van der Waals surface area contributed by atoms with E-state index < -0.39 is 6.23 Å². The molecule has 4 aromatic carbocycles. The quantitative estimate of drug-likeness (QED) is 0.0951. The zero-order valence-electron chi connectivity index (χ0n) is 26.9. The number of allylic oxidation sites excluding steroid dienone is 2. The molecule has 0 amide bonds. The smallest absolute Gasteiger partial charge is 0.215 e. The van der Waals surface area contributed by atoms with Crippen molar-refractivity contribution in [1.82, 2.24) is 5.32 Å². The van der Waals surface area contributed by atoms with Crippen LogP contribution in [-0.4, -0.2) is 17.8 Å². The van der Waals surface area contributed by atoms with Gasteiger partial charge in [0.2, 0.25) is 5.90 Å². The average Bonchev–Trinajstić information content (AvgIpc) is 3.74. The first-order valence-corrected chi connectivity index (χ1v) is 17.0. The van der Waals surface area contributed by atoms with Crippen LogP contribution in [0, 0.1) is 5.41 Å². The molecular weight excluding hydrogens is 608 g/mol. The number of hydrogen-bond donors (Lipinski definition) is 3. The maximum Gasteiger partial charge on any atom is 0.215 e. The molecular formula is C42H36N4O3. The van der Waals surface area contributed by atoms with Crippen molar-refractivity contribution in [1.29, 1.82) is 5.41 Å². The fourth-order valence-corrected chi connectivity index (χ4v) is 7.64. The SMILES string of the molecule is N=C(OC(N)c1ccc(C2CC(C3CC=Cc4c3oc3ccccc43)NC(C3=CCCc4c3oc3ccccc43)=N2)cc1)c1ccccc1. The van der Waals surface area contributed by atoms with Gasteiger partial charge in [0.1, 0.15) is 28.5 Å². The second-order valence-corrected chi connectivity index (χ2v) is 13.1. The van der Waals surface area contributed by atoms with E-state index in [0.717, 1.165) is 76.3 Å². The molecule has 4 unspecified atom stereocenters. The topological polar surface area (TPSA) is 110 Å². The summed E-state index contributed by atoms with van der Waals surface area (Å²) in [6.07, 6.45) is 9.52. The van der Waals surface area contributed by atoms with Gasteiger partial charge < -0.3 is 18.9 Å². The van der Waals surface area contributed by atoms with Gasteiger partial charge in [0.25, 0.3) is 0 Å². The van der Waals surface area contributed by atoms with Crippen LogP contribution in [0.4, 0.5) is 0 Å². The number of para-hydroxylation sites is 2. The number of ether oxygens (including phenoxy) is 1. The Hall–Kier alpha value is -5.66. The zero-order chi connectivity index (χ0) is 32.9. The van der Waals surface area contributed by atoms with Gasteiger partial charge in [-0.2, -0.15) is 0 Å². The first-order chi connectivity index (χ1) is 24.1. The number of fused-ring (bicyclic) bond motifs is 6. The summed E-state index contributed by atoms with van der Waals surface area (Å²) in [6, 6.07) is 34.1. The summed E-state index contributed by atoms with van der Waals surface area (Å²) >= 11 is 0. The van der Waals surface area contributed by atoms with Crippen LogP contribution in [-0.2, 0) is 11.2 Å². The van der Waals surface area contributed by atoms with Gasteiger partial charge >= 0.3 is 0 Å². The van der Waals surface area contributed by atoms with E-state index in [9.17, 15) is 0 Å². The van der Waals surface area contributed by atoms with E-state index in [0.29, 0.717) is 5.56 Å². The number of nitrogens with two attached hydrogens (primary N) is 1. The second-order valence-electron chi connectivity index (χ2n) is 13.1. The van der Waals surface area contributed by atoms with Gasteiger partial charge in [-0.05, 0) is 55.5 Å². The van der Waals surface area contributed by atoms with Crippen molar-refractivity contribution in [2.75, 3.05) is 0 Å². The third kappa shape index (κ3) is 5.27. The Bertz CT molecular complexity index is 2290. The van der Waals surface area contributed by atoms with E-state index in [1.807, 2.05) is 60.7 Å². The number of aliphatic imine (C=N–C) groups is 1. The molecule has 1 aliphatic heterocycles. The lowest BCUT2D eigenvalue weighted by atomic mass is 9.81. The van der Waals surface area contributed by atoms with E-state index in [1.54, 1.807) is 0 Å². The molecule has 49 heavy (non-hydrogen) atoms. The van der Waals surface area contributed by atoms with Crippen LogP contribution in [0.15, 0.2) is 129 Å². The molecule has 242 valence electrons. The molecule has 7 heteroatoms. The summed E-state index contributed by atoms with van der Waals surface area (Å²) in [7, 11) is 0. The molecule has 3 aliphatic rings. The molecule has 6 aromatic rings. The third-order valence-corrected chi connectivity index (χ3v) is 10.1. The molecule has 2 aliphatic carbocycles. The summed E-state index contributed by atoms with van der Waals surface area (Å²) in [5.74, 6) is 2.97. The summed E-state index contributed by atoms with van der Waals surface area (Å²) in [5, 5.41) is 14.6. The molecule has 4 atom stereocenters. The van der Waals surface area contributed by atoms with Crippen molar-refractivity contribution in [2.24, 2.45) is 10.7 Å². The number of nitrogens with one attached hydrogen (secondary N) is 2. The molecule has 0 bridgehead atoms. The van der Waals surface area contributed by atoms with Crippen LogP contribution >= 0.6 is 0 Å². The number of benzene rings is 4. The standard InChI is InChI=1S/C42H36N4O3/c43-40(26-10-2-1-3-11-26)49-41(44)27-22-20-25(21-23-27)34-24-35(32-16-8-14-30-28-12-4-6-18-36(28)47-38(30)32)46-42(45-34)33-17-9-15-31-29-13-5-7-19-37(29)48-39(31)33/h1-8,10-14,17-23,32,34-35,41,43H,9,15-16,24,44H2,(H,45,46). The Balaban J connectivity index is 1.06. The molecule has 0 radical (unpaired) electrons. The van der Waals surface area contributed by atoms with Gasteiger partial charge in [0.05, 0.1) is 11.6 Å². The monoisotopic (exact) mass is 644 g/mol. The minimum atomic E-state index is -0.763.